The summed E-state index contributed by atoms with van der Waals surface area (Å²) >= 11 is 0. The Morgan fingerprint density at radius 1 is 0.929 bits per heavy atom. The van der Waals surface area contributed by atoms with Gasteiger partial charge >= 0.3 is 0 Å². The van der Waals surface area contributed by atoms with Crippen LogP contribution in [0.4, 0.5) is 0 Å². The molecule has 14 heavy (non-hydrogen) atoms. The topological polar surface area (TPSA) is 9.23 Å². The van der Waals surface area contributed by atoms with Gasteiger partial charge < -0.3 is 4.74 Å². The van der Waals surface area contributed by atoms with Crippen LogP contribution in [0.2, 0.25) is 0 Å². The Kier molecular flexibility index (Phi) is 6.25. The summed E-state index contributed by atoms with van der Waals surface area (Å²) in [5.74, 6) is 1.90. The molecule has 0 aromatic heterocycles. The van der Waals surface area contributed by atoms with E-state index in [0.717, 1.165) is 31.5 Å². The number of rotatable bonds is 6. The molecular weight excluding hydrogens is 172 g/mol. The molecule has 0 unspecified atom stereocenters. The lowest BCUT2D eigenvalue weighted by Gasteiger charge is -2.28. The third-order valence-electron chi connectivity index (χ3n) is 3.37. The van der Waals surface area contributed by atoms with Gasteiger partial charge in [-0.1, -0.05) is 39.5 Å². The zero-order chi connectivity index (χ0) is 10.2. The largest absolute Gasteiger partial charge is 0.381 e. The second-order valence-electron chi connectivity index (χ2n) is 4.75. The molecular formula is C13H26O. The molecule has 0 saturated heterocycles. The molecule has 1 nitrogen and oxygen atoms in total. The van der Waals surface area contributed by atoms with Crippen LogP contribution in [0.15, 0.2) is 0 Å². The van der Waals surface area contributed by atoms with Crippen molar-refractivity contribution in [3.05, 3.63) is 0 Å². The zero-order valence-electron chi connectivity index (χ0n) is 9.93. The lowest BCUT2D eigenvalue weighted by molar-refractivity contribution is 0.0773. The highest BCUT2D eigenvalue weighted by atomic mass is 16.5. The van der Waals surface area contributed by atoms with Gasteiger partial charge in [0.15, 0.2) is 0 Å². The maximum absolute atomic E-state index is 5.62. The molecule has 1 heteroatoms. The smallest absolute Gasteiger partial charge is 0.0494 e. The van der Waals surface area contributed by atoms with Crippen LogP contribution in [0.1, 0.15) is 58.8 Å². The highest BCUT2D eigenvalue weighted by molar-refractivity contribution is 4.72. The van der Waals surface area contributed by atoms with Crippen LogP contribution in [0.25, 0.3) is 0 Å². The summed E-state index contributed by atoms with van der Waals surface area (Å²) in [6.07, 6.45) is 9.69. The van der Waals surface area contributed by atoms with Crippen molar-refractivity contribution in [2.75, 3.05) is 13.2 Å². The normalized spacial score (nSPS) is 27.9. The van der Waals surface area contributed by atoms with Gasteiger partial charge in [0.05, 0.1) is 0 Å². The molecule has 1 rings (SSSR count). The molecule has 1 fully saturated rings. The maximum Gasteiger partial charge on any atom is 0.0494 e. The predicted molar refractivity (Wildman–Crippen MR) is 61.5 cm³/mol. The van der Waals surface area contributed by atoms with Gasteiger partial charge in [0.25, 0.3) is 0 Å². The van der Waals surface area contributed by atoms with Gasteiger partial charge in [-0.05, 0) is 31.1 Å². The van der Waals surface area contributed by atoms with Crippen molar-refractivity contribution in [1.29, 1.82) is 0 Å². The minimum Gasteiger partial charge on any atom is -0.381 e. The minimum absolute atomic E-state index is 0.870. The standard InChI is InChI=1S/C13H26O/c1-3-5-12-6-8-13(9-7-12)11-14-10-4-2/h12-13H,3-11H2,1-2H3. The first kappa shape index (κ1) is 12.0. The summed E-state index contributed by atoms with van der Waals surface area (Å²) in [4.78, 5) is 0. The molecule has 1 saturated carbocycles. The first-order chi connectivity index (χ1) is 6.86. The van der Waals surface area contributed by atoms with E-state index >= 15 is 0 Å². The van der Waals surface area contributed by atoms with Gasteiger partial charge in [-0.25, -0.2) is 0 Å². The first-order valence-electron chi connectivity index (χ1n) is 6.44. The van der Waals surface area contributed by atoms with E-state index in [-0.39, 0.29) is 0 Å². The van der Waals surface area contributed by atoms with E-state index in [1.807, 2.05) is 0 Å². The Morgan fingerprint density at radius 2 is 1.57 bits per heavy atom. The summed E-state index contributed by atoms with van der Waals surface area (Å²) < 4.78 is 5.62. The highest BCUT2D eigenvalue weighted by Crippen LogP contribution is 2.31. The van der Waals surface area contributed by atoms with Gasteiger partial charge in [0, 0.05) is 13.2 Å². The fourth-order valence-electron chi connectivity index (χ4n) is 2.49. The van der Waals surface area contributed by atoms with E-state index in [2.05, 4.69) is 13.8 Å². The third-order valence-corrected chi connectivity index (χ3v) is 3.37. The van der Waals surface area contributed by atoms with Gasteiger partial charge in [-0.2, -0.15) is 0 Å². The van der Waals surface area contributed by atoms with E-state index in [4.69, 9.17) is 4.74 Å². The zero-order valence-corrected chi connectivity index (χ0v) is 9.93. The Bertz CT molecular complexity index is 125. The van der Waals surface area contributed by atoms with Gasteiger partial charge in [-0.3, -0.25) is 0 Å². The van der Waals surface area contributed by atoms with Crippen LogP contribution in [0.5, 0.6) is 0 Å². The maximum atomic E-state index is 5.62. The van der Waals surface area contributed by atoms with Gasteiger partial charge in [-0.15, -0.1) is 0 Å². The quantitative estimate of drug-likeness (QED) is 0.586. The van der Waals surface area contributed by atoms with E-state index < -0.39 is 0 Å². The Balaban J connectivity index is 2.03. The average Bonchev–Trinajstić information content (AvgIpc) is 2.21. The Labute approximate surface area is 89.2 Å². The summed E-state index contributed by atoms with van der Waals surface area (Å²) in [5, 5.41) is 0. The van der Waals surface area contributed by atoms with Crippen LogP contribution < -0.4 is 0 Å². The molecule has 0 spiro atoms. The van der Waals surface area contributed by atoms with E-state index in [1.165, 1.54) is 38.5 Å². The lowest BCUT2D eigenvalue weighted by atomic mass is 9.80. The molecule has 0 radical (unpaired) electrons. The van der Waals surface area contributed by atoms with Crippen LogP contribution in [-0.4, -0.2) is 13.2 Å². The van der Waals surface area contributed by atoms with Gasteiger partial charge in [0.1, 0.15) is 0 Å². The van der Waals surface area contributed by atoms with Crippen molar-refractivity contribution < 1.29 is 4.74 Å². The van der Waals surface area contributed by atoms with Crippen molar-refractivity contribution in [2.24, 2.45) is 11.8 Å². The van der Waals surface area contributed by atoms with Crippen molar-refractivity contribution in [3.8, 4) is 0 Å². The van der Waals surface area contributed by atoms with E-state index in [1.54, 1.807) is 0 Å². The summed E-state index contributed by atoms with van der Waals surface area (Å²) in [6.45, 7) is 6.45. The predicted octanol–water partition coefficient (Wildman–Crippen LogP) is 4.02. The molecule has 0 aromatic rings. The molecule has 0 amide bonds. The first-order valence-corrected chi connectivity index (χ1v) is 6.44. The number of hydrogen-bond donors (Lipinski definition) is 0. The molecule has 1 aliphatic rings. The molecule has 84 valence electrons. The highest BCUT2D eigenvalue weighted by Gasteiger charge is 2.20. The van der Waals surface area contributed by atoms with Crippen LogP contribution in [-0.2, 0) is 4.74 Å². The third kappa shape index (κ3) is 4.45. The SMILES string of the molecule is CCCOCC1CCC(CCC)CC1. The van der Waals surface area contributed by atoms with Crippen LogP contribution in [0, 0.1) is 11.8 Å². The van der Waals surface area contributed by atoms with Crippen molar-refractivity contribution in [2.45, 2.75) is 58.8 Å². The number of hydrogen-bond acceptors (Lipinski definition) is 1. The summed E-state index contributed by atoms with van der Waals surface area (Å²) in [6, 6.07) is 0. The minimum atomic E-state index is 0.870. The average molecular weight is 198 g/mol. The van der Waals surface area contributed by atoms with Crippen LogP contribution >= 0.6 is 0 Å². The molecule has 0 heterocycles. The van der Waals surface area contributed by atoms with Crippen molar-refractivity contribution in [1.82, 2.24) is 0 Å². The Morgan fingerprint density at radius 3 is 2.14 bits per heavy atom. The van der Waals surface area contributed by atoms with Crippen molar-refractivity contribution >= 4 is 0 Å². The molecule has 0 aromatic carbocycles. The van der Waals surface area contributed by atoms with E-state index in [9.17, 15) is 0 Å². The molecule has 1 aliphatic carbocycles. The molecule has 0 aliphatic heterocycles. The summed E-state index contributed by atoms with van der Waals surface area (Å²) in [5.41, 5.74) is 0. The number of ether oxygens (including phenoxy) is 1. The second-order valence-corrected chi connectivity index (χ2v) is 4.75. The van der Waals surface area contributed by atoms with Crippen LogP contribution in [0.3, 0.4) is 0 Å². The Hall–Kier alpha value is -0.0400. The molecule has 0 N–H and O–H groups in total. The van der Waals surface area contributed by atoms with Crippen molar-refractivity contribution in [3.63, 3.8) is 0 Å². The second kappa shape index (κ2) is 7.28. The van der Waals surface area contributed by atoms with Gasteiger partial charge in [0.2, 0.25) is 0 Å². The monoisotopic (exact) mass is 198 g/mol. The fraction of sp³-hybridized carbons (Fsp3) is 1.00. The lowest BCUT2D eigenvalue weighted by Crippen LogP contribution is -2.18. The molecule has 0 atom stereocenters. The molecule has 0 bridgehead atoms. The fourth-order valence-corrected chi connectivity index (χ4v) is 2.49. The summed E-state index contributed by atoms with van der Waals surface area (Å²) in [7, 11) is 0. The van der Waals surface area contributed by atoms with E-state index in [0.29, 0.717) is 0 Å².